The van der Waals surface area contributed by atoms with Crippen LogP contribution < -0.4 is 5.32 Å². The van der Waals surface area contributed by atoms with Gasteiger partial charge in [0, 0.05) is 12.8 Å². The van der Waals surface area contributed by atoms with Crippen molar-refractivity contribution in [3.8, 4) is 0 Å². The van der Waals surface area contributed by atoms with Crippen molar-refractivity contribution < 1.29 is 14.4 Å². The number of benzene rings is 1. The van der Waals surface area contributed by atoms with E-state index < -0.39 is 11.9 Å². The van der Waals surface area contributed by atoms with Crippen molar-refractivity contribution in [2.75, 3.05) is 5.32 Å². The zero-order chi connectivity index (χ0) is 14.0. The Bertz CT molecular complexity index is 528. The van der Waals surface area contributed by atoms with Crippen LogP contribution in [0.3, 0.4) is 0 Å². The van der Waals surface area contributed by atoms with Crippen LogP contribution in [0.1, 0.15) is 19.8 Å². The molecule has 100 valence electrons. The maximum atomic E-state index is 12.0. The number of para-hydroxylation sites is 1. The van der Waals surface area contributed by atoms with Gasteiger partial charge in [-0.3, -0.25) is 19.3 Å². The third-order valence-electron chi connectivity index (χ3n) is 2.99. The first kappa shape index (κ1) is 13.5. The van der Waals surface area contributed by atoms with Crippen LogP contribution in [-0.2, 0) is 14.4 Å². The van der Waals surface area contributed by atoms with Gasteiger partial charge in [-0.05, 0) is 19.1 Å². The Morgan fingerprint density at radius 3 is 2.42 bits per heavy atom. The molecule has 1 heterocycles. The average Bonchev–Trinajstić information content (AvgIpc) is 2.71. The number of rotatable bonds is 3. The summed E-state index contributed by atoms with van der Waals surface area (Å²) in [5.74, 6) is -1.06. The van der Waals surface area contributed by atoms with E-state index in [2.05, 4.69) is 5.32 Å². The fourth-order valence-corrected chi connectivity index (χ4v) is 2.13. The lowest BCUT2D eigenvalue weighted by atomic mass is 10.2. The van der Waals surface area contributed by atoms with Gasteiger partial charge in [-0.1, -0.05) is 23.7 Å². The monoisotopic (exact) mass is 280 g/mol. The van der Waals surface area contributed by atoms with Crippen molar-refractivity contribution in [3.05, 3.63) is 29.3 Å². The molecule has 1 aromatic carbocycles. The number of halogens is 1. The highest BCUT2D eigenvalue weighted by atomic mass is 35.5. The molecule has 19 heavy (non-hydrogen) atoms. The highest BCUT2D eigenvalue weighted by molar-refractivity contribution is 6.33. The summed E-state index contributed by atoms with van der Waals surface area (Å²) in [6, 6.07) is 5.95. The maximum Gasteiger partial charge on any atom is 0.247 e. The second-order valence-electron chi connectivity index (χ2n) is 4.30. The predicted octanol–water partition coefficient (Wildman–Crippen LogP) is 1.82. The van der Waals surface area contributed by atoms with Crippen molar-refractivity contribution >= 4 is 35.0 Å². The summed E-state index contributed by atoms with van der Waals surface area (Å²) < 4.78 is 0. The number of carbonyl (C=O) groups excluding carboxylic acids is 3. The minimum Gasteiger partial charge on any atom is -0.323 e. The normalized spacial score (nSPS) is 16.6. The lowest BCUT2D eigenvalue weighted by Crippen LogP contribution is -2.45. The van der Waals surface area contributed by atoms with Gasteiger partial charge < -0.3 is 5.32 Å². The van der Waals surface area contributed by atoms with Crippen LogP contribution in [0.2, 0.25) is 5.02 Å². The zero-order valence-electron chi connectivity index (χ0n) is 10.4. The molecule has 0 unspecified atom stereocenters. The SMILES string of the molecule is C[C@@H](C(=O)Nc1ccccc1Cl)N1C(=O)CCC1=O. The molecule has 1 fully saturated rings. The van der Waals surface area contributed by atoms with Gasteiger partial charge in [0.25, 0.3) is 0 Å². The summed E-state index contributed by atoms with van der Waals surface area (Å²) in [7, 11) is 0. The van der Waals surface area contributed by atoms with Crippen LogP contribution in [0.5, 0.6) is 0 Å². The van der Waals surface area contributed by atoms with Gasteiger partial charge >= 0.3 is 0 Å². The van der Waals surface area contributed by atoms with Gasteiger partial charge in [0.15, 0.2) is 0 Å². The number of hydrogen-bond donors (Lipinski definition) is 1. The fourth-order valence-electron chi connectivity index (χ4n) is 1.94. The smallest absolute Gasteiger partial charge is 0.247 e. The van der Waals surface area contributed by atoms with Crippen LogP contribution in [0.15, 0.2) is 24.3 Å². The number of likely N-dealkylation sites (tertiary alicyclic amines) is 1. The topological polar surface area (TPSA) is 66.5 Å². The van der Waals surface area contributed by atoms with E-state index in [0.717, 1.165) is 4.90 Å². The average molecular weight is 281 g/mol. The van der Waals surface area contributed by atoms with E-state index in [1.807, 2.05) is 0 Å². The lowest BCUT2D eigenvalue weighted by molar-refractivity contribution is -0.144. The van der Waals surface area contributed by atoms with Crippen LogP contribution in [-0.4, -0.2) is 28.7 Å². The van der Waals surface area contributed by atoms with Gasteiger partial charge in [0.05, 0.1) is 10.7 Å². The van der Waals surface area contributed by atoms with Crippen LogP contribution in [0.25, 0.3) is 0 Å². The van der Waals surface area contributed by atoms with Crippen molar-refractivity contribution in [2.24, 2.45) is 0 Å². The van der Waals surface area contributed by atoms with E-state index in [9.17, 15) is 14.4 Å². The molecule has 0 aliphatic carbocycles. The number of carbonyl (C=O) groups is 3. The van der Waals surface area contributed by atoms with E-state index >= 15 is 0 Å². The minimum absolute atomic E-state index is 0.169. The number of nitrogens with one attached hydrogen (secondary N) is 1. The van der Waals surface area contributed by atoms with Crippen molar-refractivity contribution in [2.45, 2.75) is 25.8 Å². The molecule has 1 aliphatic rings. The van der Waals surface area contributed by atoms with Gasteiger partial charge in [-0.2, -0.15) is 0 Å². The van der Waals surface area contributed by atoms with Gasteiger partial charge in [-0.15, -0.1) is 0 Å². The zero-order valence-corrected chi connectivity index (χ0v) is 11.1. The van der Waals surface area contributed by atoms with Crippen molar-refractivity contribution in [1.82, 2.24) is 4.90 Å². The Kier molecular flexibility index (Phi) is 3.85. The fraction of sp³-hybridized carbons (Fsp3) is 0.308. The van der Waals surface area contributed by atoms with E-state index in [1.54, 1.807) is 24.3 Å². The summed E-state index contributed by atoms with van der Waals surface area (Å²) in [4.78, 5) is 36.1. The molecule has 6 heteroatoms. The number of hydrogen-bond acceptors (Lipinski definition) is 3. The van der Waals surface area contributed by atoms with E-state index in [1.165, 1.54) is 6.92 Å². The predicted molar refractivity (Wildman–Crippen MR) is 70.6 cm³/mol. The molecule has 1 N–H and O–H groups in total. The molecule has 0 radical (unpaired) electrons. The number of nitrogens with zero attached hydrogens (tertiary/aromatic N) is 1. The molecular formula is C13H13ClN2O3. The van der Waals surface area contributed by atoms with Crippen molar-refractivity contribution in [1.29, 1.82) is 0 Å². The molecule has 0 aromatic heterocycles. The molecule has 1 atom stereocenters. The second kappa shape index (κ2) is 5.40. The maximum absolute atomic E-state index is 12.0. The van der Waals surface area contributed by atoms with Gasteiger partial charge in [0.2, 0.25) is 17.7 Å². The van der Waals surface area contributed by atoms with E-state index in [-0.39, 0.29) is 24.7 Å². The number of imide groups is 1. The molecule has 5 nitrogen and oxygen atoms in total. The number of anilines is 1. The Morgan fingerprint density at radius 1 is 1.26 bits per heavy atom. The third-order valence-corrected chi connectivity index (χ3v) is 3.32. The third kappa shape index (κ3) is 2.76. The van der Waals surface area contributed by atoms with Crippen LogP contribution in [0, 0.1) is 0 Å². The molecule has 1 aliphatic heterocycles. The van der Waals surface area contributed by atoms with Crippen LogP contribution in [0.4, 0.5) is 5.69 Å². The Labute approximate surface area is 115 Å². The largest absolute Gasteiger partial charge is 0.323 e. The highest BCUT2D eigenvalue weighted by Gasteiger charge is 2.36. The van der Waals surface area contributed by atoms with E-state index in [0.29, 0.717) is 10.7 Å². The molecule has 1 saturated heterocycles. The first-order valence-electron chi connectivity index (χ1n) is 5.91. The second-order valence-corrected chi connectivity index (χ2v) is 4.71. The standard InChI is InChI=1S/C13H13ClN2O3/c1-8(16-11(17)6-7-12(16)18)13(19)15-10-5-3-2-4-9(10)14/h2-5,8H,6-7H2,1H3,(H,15,19)/t8-/m0/s1. The Hall–Kier alpha value is -1.88. The van der Waals surface area contributed by atoms with E-state index in [4.69, 9.17) is 11.6 Å². The molecule has 1 aromatic rings. The first-order valence-corrected chi connectivity index (χ1v) is 6.29. The highest BCUT2D eigenvalue weighted by Crippen LogP contribution is 2.22. The summed E-state index contributed by atoms with van der Waals surface area (Å²) in [5.41, 5.74) is 0.458. The quantitative estimate of drug-likeness (QED) is 0.859. The van der Waals surface area contributed by atoms with Gasteiger partial charge in [-0.25, -0.2) is 0 Å². The lowest BCUT2D eigenvalue weighted by Gasteiger charge is -2.21. The molecule has 3 amide bonds. The van der Waals surface area contributed by atoms with Crippen molar-refractivity contribution in [3.63, 3.8) is 0 Å². The number of amides is 3. The Balaban J connectivity index is 2.10. The summed E-state index contributed by atoms with van der Waals surface area (Å²) in [6.07, 6.45) is 0.338. The molecule has 0 saturated carbocycles. The first-order chi connectivity index (χ1) is 9.00. The molecule has 2 rings (SSSR count). The molecule has 0 bridgehead atoms. The molecule has 0 spiro atoms. The molecular weight excluding hydrogens is 268 g/mol. The Morgan fingerprint density at radius 2 is 1.84 bits per heavy atom. The van der Waals surface area contributed by atoms with Crippen LogP contribution >= 0.6 is 11.6 Å². The minimum atomic E-state index is -0.834. The summed E-state index contributed by atoms with van der Waals surface area (Å²) >= 11 is 5.93. The summed E-state index contributed by atoms with van der Waals surface area (Å²) in [6.45, 7) is 1.52. The summed E-state index contributed by atoms with van der Waals surface area (Å²) in [5, 5.41) is 3.02. The van der Waals surface area contributed by atoms with Gasteiger partial charge in [0.1, 0.15) is 6.04 Å².